The van der Waals surface area contributed by atoms with Gasteiger partial charge in [-0.15, -0.1) is 0 Å². The molecule has 2 aromatic heterocycles. The molecule has 0 aliphatic rings. The van der Waals surface area contributed by atoms with Crippen molar-refractivity contribution in [2.75, 3.05) is 7.11 Å². The van der Waals surface area contributed by atoms with Gasteiger partial charge in [0.15, 0.2) is 11.3 Å². The molecule has 0 amide bonds. The number of aromatic carboxylic acids is 1. The summed E-state index contributed by atoms with van der Waals surface area (Å²) in [7, 11) is 1.59. The highest BCUT2D eigenvalue weighted by molar-refractivity contribution is 5.88. The normalized spacial score (nSPS) is 11.7. The molecule has 0 saturated carbocycles. The van der Waals surface area contributed by atoms with E-state index >= 15 is 0 Å². The van der Waals surface area contributed by atoms with E-state index in [0.29, 0.717) is 17.1 Å². The molecule has 0 unspecified atom stereocenters. The first-order chi connectivity index (χ1) is 11.3. The minimum absolute atomic E-state index is 0.0771. The molecule has 0 spiro atoms. The van der Waals surface area contributed by atoms with Crippen LogP contribution in [0.5, 0.6) is 5.75 Å². The number of carboxylic acid groups (broad SMARTS) is 1. The molecule has 1 aromatic carbocycles. The number of aromatic nitrogens is 3. The summed E-state index contributed by atoms with van der Waals surface area (Å²) in [6, 6.07) is 10.7. The van der Waals surface area contributed by atoms with Crippen LogP contribution in [0.1, 0.15) is 37.0 Å². The monoisotopic (exact) mass is 325 g/mol. The zero-order chi connectivity index (χ0) is 17.5. The summed E-state index contributed by atoms with van der Waals surface area (Å²) in [6.45, 7) is 6.08. The van der Waals surface area contributed by atoms with Crippen LogP contribution in [-0.4, -0.2) is 32.8 Å². The van der Waals surface area contributed by atoms with Crippen LogP contribution in [0.25, 0.3) is 16.9 Å². The SMILES string of the molecule is COc1cccc(-c2cc(C(=O)O)n3nc(C(C)(C)C)cc3n2)c1. The standard InChI is InChI=1S/C18H19N3O3/c1-18(2,3)15-10-16-19-13(9-14(17(22)23)21(16)20-15)11-6-5-7-12(8-11)24-4/h5-10H,1-4H3,(H,22,23). The summed E-state index contributed by atoms with van der Waals surface area (Å²) in [5.74, 6) is -0.356. The highest BCUT2D eigenvalue weighted by Crippen LogP contribution is 2.26. The maximum Gasteiger partial charge on any atom is 0.354 e. The van der Waals surface area contributed by atoms with Crippen LogP contribution >= 0.6 is 0 Å². The van der Waals surface area contributed by atoms with E-state index in [1.807, 2.05) is 51.1 Å². The zero-order valence-electron chi connectivity index (χ0n) is 14.1. The smallest absolute Gasteiger partial charge is 0.354 e. The maximum absolute atomic E-state index is 11.7. The Morgan fingerprint density at radius 1 is 1.21 bits per heavy atom. The van der Waals surface area contributed by atoms with Crippen LogP contribution in [0.4, 0.5) is 0 Å². The third kappa shape index (κ3) is 2.82. The molecule has 0 aliphatic carbocycles. The lowest BCUT2D eigenvalue weighted by atomic mass is 9.93. The van der Waals surface area contributed by atoms with Crippen LogP contribution in [0.3, 0.4) is 0 Å². The number of hydrogen-bond acceptors (Lipinski definition) is 4. The molecular weight excluding hydrogens is 306 g/mol. The molecule has 0 saturated heterocycles. The molecule has 0 fully saturated rings. The van der Waals surface area contributed by atoms with Crippen molar-refractivity contribution in [2.45, 2.75) is 26.2 Å². The topological polar surface area (TPSA) is 76.7 Å². The van der Waals surface area contributed by atoms with E-state index < -0.39 is 5.97 Å². The molecule has 2 heterocycles. The molecule has 3 rings (SSSR count). The zero-order valence-corrected chi connectivity index (χ0v) is 14.1. The van der Waals surface area contributed by atoms with Crippen molar-refractivity contribution in [3.63, 3.8) is 0 Å². The average Bonchev–Trinajstić information content (AvgIpc) is 2.98. The van der Waals surface area contributed by atoms with Gasteiger partial charge in [-0.2, -0.15) is 5.10 Å². The fraction of sp³-hybridized carbons (Fsp3) is 0.278. The molecule has 124 valence electrons. The number of rotatable bonds is 3. The molecule has 6 nitrogen and oxygen atoms in total. The molecule has 0 atom stereocenters. The lowest BCUT2D eigenvalue weighted by Crippen LogP contribution is -2.13. The van der Waals surface area contributed by atoms with Crippen molar-refractivity contribution >= 4 is 11.6 Å². The van der Waals surface area contributed by atoms with E-state index in [1.165, 1.54) is 10.6 Å². The lowest BCUT2D eigenvalue weighted by Gasteiger charge is -2.13. The first-order valence-corrected chi connectivity index (χ1v) is 7.58. The van der Waals surface area contributed by atoms with Gasteiger partial charge >= 0.3 is 5.97 Å². The van der Waals surface area contributed by atoms with Gasteiger partial charge < -0.3 is 9.84 Å². The fourth-order valence-corrected chi connectivity index (χ4v) is 2.42. The Morgan fingerprint density at radius 3 is 2.58 bits per heavy atom. The van der Waals surface area contributed by atoms with Gasteiger partial charge in [-0.3, -0.25) is 0 Å². The third-order valence-corrected chi connectivity index (χ3v) is 3.78. The number of carboxylic acids is 1. The summed E-state index contributed by atoms with van der Waals surface area (Å²) in [4.78, 5) is 16.2. The Balaban J connectivity index is 2.25. The number of fused-ring (bicyclic) bond motifs is 1. The van der Waals surface area contributed by atoms with Crippen molar-refractivity contribution < 1.29 is 14.6 Å². The lowest BCUT2D eigenvalue weighted by molar-refractivity contribution is 0.0687. The van der Waals surface area contributed by atoms with E-state index in [4.69, 9.17) is 4.74 Å². The molecular formula is C18H19N3O3. The van der Waals surface area contributed by atoms with E-state index in [9.17, 15) is 9.90 Å². The van der Waals surface area contributed by atoms with Gasteiger partial charge in [-0.1, -0.05) is 32.9 Å². The minimum Gasteiger partial charge on any atom is -0.497 e. The predicted molar refractivity (Wildman–Crippen MR) is 90.6 cm³/mol. The van der Waals surface area contributed by atoms with Crippen LogP contribution in [0.2, 0.25) is 0 Å². The first-order valence-electron chi connectivity index (χ1n) is 7.58. The van der Waals surface area contributed by atoms with Gasteiger partial charge in [0, 0.05) is 17.0 Å². The number of carbonyl (C=O) groups is 1. The van der Waals surface area contributed by atoms with Gasteiger partial charge in [0.25, 0.3) is 0 Å². The third-order valence-electron chi connectivity index (χ3n) is 3.78. The summed E-state index contributed by atoms with van der Waals surface area (Å²) in [6.07, 6.45) is 0. The second-order valence-electron chi connectivity index (χ2n) is 6.61. The van der Waals surface area contributed by atoms with Crippen molar-refractivity contribution in [3.05, 3.63) is 47.8 Å². The van der Waals surface area contributed by atoms with E-state index in [0.717, 1.165) is 11.3 Å². The molecule has 3 aromatic rings. The Labute approximate surface area is 139 Å². The van der Waals surface area contributed by atoms with Gasteiger partial charge in [-0.05, 0) is 18.2 Å². The van der Waals surface area contributed by atoms with Gasteiger partial charge in [0.05, 0.1) is 18.5 Å². The molecule has 6 heteroatoms. The first kappa shape index (κ1) is 16.0. The molecule has 24 heavy (non-hydrogen) atoms. The summed E-state index contributed by atoms with van der Waals surface area (Å²) < 4.78 is 6.61. The van der Waals surface area contributed by atoms with Gasteiger partial charge in [0.2, 0.25) is 0 Å². The molecule has 0 radical (unpaired) electrons. The van der Waals surface area contributed by atoms with E-state index in [-0.39, 0.29) is 11.1 Å². The van der Waals surface area contributed by atoms with Crippen LogP contribution in [0, 0.1) is 0 Å². The van der Waals surface area contributed by atoms with Crippen LogP contribution < -0.4 is 4.74 Å². The van der Waals surface area contributed by atoms with Crippen molar-refractivity contribution in [1.29, 1.82) is 0 Å². The molecule has 0 bridgehead atoms. The van der Waals surface area contributed by atoms with Gasteiger partial charge in [0.1, 0.15) is 5.75 Å². The Hall–Kier alpha value is -2.89. The van der Waals surface area contributed by atoms with Crippen molar-refractivity contribution in [3.8, 4) is 17.0 Å². The molecule has 1 N–H and O–H groups in total. The quantitative estimate of drug-likeness (QED) is 0.798. The Kier molecular flexibility index (Phi) is 3.75. The summed E-state index contributed by atoms with van der Waals surface area (Å²) >= 11 is 0. The number of ether oxygens (including phenoxy) is 1. The molecule has 0 aliphatic heterocycles. The summed E-state index contributed by atoms with van der Waals surface area (Å²) in [5.41, 5.74) is 2.54. The van der Waals surface area contributed by atoms with Crippen LogP contribution in [0.15, 0.2) is 36.4 Å². The number of methoxy groups -OCH3 is 1. The minimum atomic E-state index is -1.05. The maximum atomic E-state index is 11.7. The number of benzene rings is 1. The van der Waals surface area contributed by atoms with E-state index in [1.54, 1.807) is 7.11 Å². The van der Waals surface area contributed by atoms with E-state index in [2.05, 4.69) is 10.1 Å². The fourth-order valence-electron chi connectivity index (χ4n) is 2.42. The second-order valence-corrected chi connectivity index (χ2v) is 6.61. The Morgan fingerprint density at radius 2 is 1.96 bits per heavy atom. The van der Waals surface area contributed by atoms with Gasteiger partial charge in [-0.25, -0.2) is 14.3 Å². The second kappa shape index (κ2) is 5.63. The number of hydrogen-bond donors (Lipinski definition) is 1. The Bertz CT molecular complexity index is 923. The summed E-state index contributed by atoms with van der Waals surface area (Å²) in [5, 5.41) is 14.0. The highest BCUT2D eigenvalue weighted by atomic mass is 16.5. The number of nitrogens with zero attached hydrogens (tertiary/aromatic N) is 3. The van der Waals surface area contributed by atoms with Crippen LogP contribution in [-0.2, 0) is 5.41 Å². The van der Waals surface area contributed by atoms with Crippen molar-refractivity contribution in [2.24, 2.45) is 0 Å². The highest BCUT2D eigenvalue weighted by Gasteiger charge is 2.21. The average molecular weight is 325 g/mol. The largest absolute Gasteiger partial charge is 0.497 e. The predicted octanol–water partition coefficient (Wildman–Crippen LogP) is 3.40. The van der Waals surface area contributed by atoms with Crippen molar-refractivity contribution in [1.82, 2.24) is 14.6 Å².